The van der Waals surface area contributed by atoms with Crippen LogP contribution in [-0.4, -0.2) is 108 Å². The van der Waals surface area contributed by atoms with Crippen molar-refractivity contribution < 1.29 is 43.4 Å². The number of hydrogen-bond acceptors (Lipinski definition) is 9. The molecule has 0 aliphatic carbocycles. The van der Waals surface area contributed by atoms with E-state index in [0.29, 0.717) is 24.8 Å². The number of guanidine groups is 1. The van der Waals surface area contributed by atoms with Gasteiger partial charge in [-0.1, -0.05) is 63.3 Å². The van der Waals surface area contributed by atoms with Gasteiger partial charge in [-0.25, -0.2) is 0 Å². The van der Waals surface area contributed by atoms with Gasteiger partial charge in [-0.2, -0.15) is 0 Å². The van der Waals surface area contributed by atoms with E-state index in [-0.39, 0.29) is 51.3 Å². The Hall–Kier alpha value is -5.48. The number of amides is 5. The van der Waals surface area contributed by atoms with E-state index in [1.54, 1.807) is 44.2 Å². The minimum absolute atomic E-state index is 0.0231. The molecule has 17 heteroatoms. The lowest BCUT2D eigenvalue weighted by Gasteiger charge is -2.37. The second-order valence-electron chi connectivity index (χ2n) is 12.7. The van der Waals surface area contributed by atoms with Crippen LogP contribution in [0.15, 0.2) is 48.0 Å². The summed E-state index contributed by atoms with van der Waals surface area (Å²) < 4.78 is 5.03. The van der Waals surface area contributed by atoms with Gasteiger partial charge in [0.25, 0.3) is 0 Å². The van der Waals surface area contributed by atoms with Crippen LogP contribution in [0.5, 0.6) is 0 Å². The van der Waals surface area contributed by atoms with Gasteiger partial charge in [0.05, 0.1) is 13.0 Å². The SMILES string of the molecule is C=CCOC(=O)CCCCCN1C(=O)[C@@H](Cc2ccccc2)NC(=O)[C@H](CC(=O)O)NC(=O)CNC(=O)[C@H](CCCN=C(N)N)NC(=O)[C@@H]1C(C)C. The first-order chi connectivity index (χ1) is 24.7. The molecular formula is C35H52N8O9. The number of ether oxygens (including phenoxy) is 1. The van der Waals surface area contributed by atoms with Gasteiger partial charge >= 0.3 is 11.9 Å². The zero-order valence-corrected chi connectivity index (χ0v) is 29.8. The van der Waals surface area contributed by atoms with Gasteiger partial charge in [-0.3, -0.25) is 38.6 Å². The molecule has 1 aliphatic heterocycles. The Morgan fingerprint density at radius 3 is 2.29 bits per heavy atom. The van der Waals surface area contributed by atoms with Crippen molar-refractivity contribution in [2.45, 2.75) is 89.4 Å². The Morgan fingerprint density at radius 2 is 1.65 bits per heavy atom. The molecule has 1 saturated heterocycles. The number of nitrogens with one attached hydrogen (secondary N) is 4. The molecule has 1 aromatic rings. The van der Waals surface area contributed by atoms with Gasteiger partial charge in [-0.15, -0.1) is 0 Å². The van der Waals surface area contributed by atoms with E-state index in [1.165, 1.54) is 11.0 Å². The van der Waals surface area contributed by atoms with Crippen LogP contribution in [0.4, 0.5) is 0 Å². The number of hydrogen-bond donors (Lipinski definition) is 7. The monoisotopic (exact) mass is 728 g/mol. The summed E-state index contributed by atoms with van der Waals surface area (Å²) in [5.74, 6) is -6.25. The predicted octanol–water partition coefficient (Wildman–Crippen LogP) is -0.516. The van der Waals surface area contributed by atoms with Crippen molar-refractivity contribution in [3.8, 4) is 0 Å². The number of carbonyl (C=O) groups excluding carboxylic acids is 6. The van der Waals surface area contributed by atoms with Crippen LogP contribution in [0.2, 0.25) is 0 Å². The van der Waals surface area contributed by atoms with Gasteiger partial charge in [0.15, 0.2) is 5.96 Å². The van der Waals surface area contributed by atoms with Gasteiger partial charge in [-0.05, 0) is 37.2 Å². The molecule has 1 aliphatic rings. The molecule has 1 aromatic carbocycles. The molecule has 0 radical (unpaired) electrons. The number of aliphatic carboxylic acids is 1. The van der Waals surface area contributed by atoms with Crippen LogP contribution in [0, 0.1) is 5.92 Å². The van der Waals surface area contributed by atoms with E-state index < -0.39 is 84.5 Å². The van der Waals surface area contributed by atoms with E-state index in [0.717, 1.165) is 0 Å². The molecule has 0 unspecified atom stereocenters. The van der Waals surface area contributed by atoms with Crippen molar-refractivity contribution in [3.05, 3.63) is 48.6 Å². The average molecular weight is 729 g/mol. The van der Waals surface area contributed by atoms with E-state index in [2.05, 4.69) is 32.8 Å². The maximum Gasteiger partial charge on any atom is 0.306 e. The molecule has 9 N–H and O–H groups in total. The second-order valence-corrected chi connectivity index (χ2v) is 12.7. The summed E-state index contributed by atoms with van der Waals surface area (Å²) in [6.07, 6.45) is 2.39. The molecule has 2 rings (SSSR count). The largest absolute Gasteiger partial charge is 0.481 e. The number of aliphatic imine (C=N–C) groups is 1. The Morgan fingerprint density at radius 1 is 0.962 bits per heavy atom. The summed E-state index contributed by atoms with van der Waals surface area (Å²) in [4.78, 5) is 97.6. The molecule has 5 amide bonds. The Balaban J connectivity index is 2.58. The highest BCUT2D eigenvalue weighted by molar-refractivity contribution is 5.98. The fourth-order valence-electron chi connectivity index (χ4n) is 5.61. The maximum atomic E-state index is 14.6. The molecule has 0 aromatic heterocycles. The van der Waals surface area contributed by atoms with Crippen LogP contribution in [-0.2, 0) is 44.7 Å². The van der Waals surface area contributed by atoms with Crippen molar-refractivity contribution in [3.63, 3.8) is 0 Å². The minimum atomic E-state index is -1.59. The maximum absolute atomic E-state index is 14.6. The van der Waals surface area contributed by atoms with Crippen LogP contribution in [0.3, 0.4) is 0 Å². The highest BCUT2D eigenvalue weighted by Gasteiger charge is 2.39. The Kier molecular flexibility index (Phi) is 18.4. The van der Waals surface area contributed by atoms with Crippen LogP contribution in [0.25, 0.3) is 0 Å². The van der Waals surface area contributed by atoms with Crippen LogP contribution in [0.1, 0.15) is 64.4 Å². The standard InChI is InChI=1S/C35H52N8O9/c1-4-18-52-29(47)15-9-6-10-17-43-30(22(2)3)33(50)41-24(14-11-16-38-35(36)37)31(48)39-21-27(44)40-25(20-28(45)46)32(49)42-26(34(43)51)19-23-12-7-5-8-13-23/h4-5,7-8,12-13,22,24-26,30H,1,6,9-11,14-21H2,2-3H3,(H,39,48)(H,40,44)(H,41,50)(H,42,49)(H,45,46)(H4,36,37,38)/t24-,25-,26+,30-/m0/s1. The third kappa shape index (κ3) is 15.2. The predicted molar refractivity (Wildman–Crippen MR) is 191 cm³/mol. The summed E-state index contributed by atoms with van der Waals surface area (Å²) in [5.41, 5.74) is 11.5. The smallest absolute Gasteiger partial charge is 0.306 e. The molecule has 52 heavy (non-hydrogen) atoms. The Labute approximate surface area is 303 Å². The van der Waals surface area contributed by atoms with Gasteiger partial charge in [0.2, 0.25) is 29.5 Å². The summed E-state index contributed by atoms with van der Waals surface area (Å²) in [7, 11) is 0. The van der Waals surface area contributed by atoms with Crippen molar-refractivity contribution in [2.75, 3.05) is 26.2 Å². The number of nitrogens with zero attached hydrogens (tertiary/aromatic N) is 2. The summed E-state index contributed by atoms with van der Waals surface area (Å²) >= 11 is 0. The zero-order chi connectivity index (χ0) is 38.6. The fraction of sp³-hybridized carbons (Fsp3) is 0.543. The average Bonchev–Trinajstić information content (AvgIpc) is 3.08. The first kappa shape index (κ1) is 42.7. The number of carbonyl (C=O) groups is 7. The summed E-state index contributed by atoms with van der Waals surface area (Å²) in [5, 5.41) is 19.7. The van der Waals surface area contributed by atoms with E-state index in [9.17, 15) is 38.7 Å². The molecule has 0 saturated carbocycles. The number of carboxylic acid groups (broad SMARTS) is 1. The number of rotatable bonds is 17. The first-order valence-corrected chi connectivity index (χ1v) is 17.3. The van der Waals surface area contributed by atoms with Crippen LogP contribution >= 0.6 is 0 Å². The van der Waals surface area contributed by atoms with E-state index >= 15 is 0 Å². The summed E-state index contributed by atoms with van der Waals surface area (Å²) in [6, 6.07) is 3.59. The van der Waals surface area contributed by atoms with Crippen molar-refractivity contribution in [1.82, 2.24) is 26.2 Å². The number of unbranched alkanes of at least 4 members (excludes halogenated alkanes) is 2. The number of nitrogens with two attached hydrogens (primary N) is 2. The van der Waals surface area contributed by atoms with Crippen molar-refractivity contribution >= 4 is 47.4 Å². The quantitative estimate of drug-likeness (QED) is 0.0353. The van der Waals surface area contributed by atoms with E-state index in [1.807, 2.05) is 0 Å². The molecule has 286 valence electrons. The van der Waals surface area contributed by atoms with Gasteiger partial charge in [0.1, 0.15) is 30.8 Å². The third-order valence-electron chi connectivity index (χ3n) is 8.09. The molecule has 0 spiro atoms. The third-order valence-corrected chi connectivity index (χ3v) is 8.09. The highest BCUT2D eigenvalue weighted by atomic mass is 16.5. The Bertz CT molecular complexity index is 1430. The molecule has 17 nitrogen and oxygen atoms in total. The zero-order valence-electron chi connectivity index (χ0n) is 29.8. The molecule has 0 bridgehead atoms. The molecule has 1 fully saturated rings. The molecular weight excluding hydrogens is 676 g/mol. The summed E-state index contributed by atoms with van der Waals surface area (Å²) in [6.45, 7) is 6.63. The van der Waals surface area contributed by atoms with Crippen molar-refractivity contribution in [1.29, 1.82) is 0 Å². The molecule has 4 atom stereocenters. The van der Waals surface area contributed by atoms with Crippen LogP contribution < -0.4 is 32.7 Å². The number of esters is 1. The van der Waals surface area contributed by atoms with Gasteiger partial charge < -0.3 is 47.5 Å². The first-order valence-electron chi connectivity index (χ1n) is 17.3. The fourth-order valence-corrected chi connectivity index (χ4v) is 5.61. The van der Waals surface area contributed by atoms with Gasteiger partial charge in [0, 0.05) is 25.9 Å². The topological polar surface area (TPSA) is 265 Å². The highest BCUT2D eigenvalue weighted by Crippen LogP contribution is 2.18. The second kappa shape index (κ2) is 22.4. The lowest BCUT2D eigenvalue weighted by atomic mass is 9.97. The van der Waals surface area contributed by atoms with Crippen molar-refractivity contribution in [2.24, 2.45) is 22.4 Å². The number of carboxylic acids is 1. The lowest BCUT2D eigenvalue weighted by Crippen LogP contribution is -2.61. The molecule has 1 heterocycles. The normalized spacial score (nSPS) is 20.4. The minimum Gasteiger partial charge on any atom is -0.481 e. The van der Waals surface area contributed by atoms with E-state index in [4.69, 9.17) is 16.2 Å². The number of benzene rings is 1. The lowest BCUT2D eigenvalue weighted by molar-refractivity contribution is -0.146.